The number of hydrogen-bond donors (Lipinski definition) is 2. The Hall–Kier alpha value is -3.28. The lowest BCUT2D eigenvalue weighted by Crippen LogP contribution is -2.23. The number of nitrogens with zero attached hydrogens (tertiary/aromatic N) is 2. The quantitative estimate of drug-likeness (QED) is 0.726. The fourth-order valence-electron chi connectivity index (χ4n) is 2.92. The van der Waals surface area contributed by atoms with Crippen LogP contribution in [0.4, 0.5) is 10.2 Å². The molecule has 0 atom stereocenters. The Balaban J connectivity index is 1.54. The maximum Gasteiger partial charge on any atom is 0.254 e. The van der Waals surface area contributed by atoms with Crippen LogP contribution in [0.25, 0.3) is 11.3 Å². The van der Waals surface area contributed by atoms with E-state index in [1.165, 1.54) is 12.1 Å². The van der Waals surface area contributed by atoms with Crippen molar-refractivity contribution >= 4 is 11.7 Å². The number of nitrogen functional groups attached to an aromatic ring is 1. The van der Waals surface area contributed by atoms with Crippen molar-refractivity contribution < 1.29 is 9.18 Å². The lowest BCUT2D eigenvalue weighted by molar-refractivity contribution is 0.0947. The van der Waals surface area contributed by atoms with Gasteiger partial charge in [0.1, 0.15) is 17.3 Å². The van der Waals surface area contributed by atoms with Gasteiger partial charge < -0.3 is 11.1 Å². The molecule has 1 aromatic heterocycles. The zero-order valence-corrected chi connectivity index (χ0v) is 14.7. The Morgan fingerprint density at radius 2 is 1.96 bits per heavy atom. The average Bonchev–Trinajstić information content (AvgIpc) is 3.52. The van der Waals surface area contributed by atoms with Crippen LogP contribution in [0.1, 0.15) is 40.4 Å². The standard InChI is InChI=1S/C21H19FN4O/c22-17-10-15(19-20(23)24-12-18(26-19)14-6-7-14)8-9-16(17)21(27)25-11-13-4-2-1-3-5-13/h1-5,8-10,12,14H,6-7,11H2,(H2,23,24)(H,25,27). The normalized spacial score (nSPS) is 13.4. The highest BCUT2D eigenvalue weighted by molar-refractivity contribution is 5.95. The lowest BCUT2D eigenvalue weighted by atomic mass is 10.1. The Morgan fingerprint density at radius 3 is 2.67 bits per heavy atom. The van der Waals surface area contributed by atoms with Crippen molar-refractivity contribution in [2.75, 3.05) is 5.73 Å². The summed E-state index contributed by atoms with van der Waals surface area (Å²) < 4.78 is 14.6. The summed E-state index contributed by atoms with van der Waals surface area (Å²) in [6.07, 6.45) is 3.86. The number of carbonyl (C=O) groups excluding carboxylic acids is 1. The van der Waals surface area contributed by atoms with Crippen molar-refractivity contribution in [2.24, 2.45) is 0 Å². The molecule has 1 fully saturated rings. The Kier molecular flexibility index (Phi) is 4.54. The van der Waals surface area contributed by atoms with E-state index >= 15 is 0 Å². The van der Waals surface area contributed by atoms with Gasteiger partial charge in [0.2, 0.25) is 0 Å². The molecule has 0 saturated heterocycles. The zero-order valence-electron chi connectivity index (χ0n) is 14.7. The van der Waals surface area contributed by atoms with Crippen LogP contribution in [0, 0.1) is 5.82 Å². The molecule has 1 aliphatic rings. The second kappa shape index (κ2) is 7.15. The van der Waals surface area contributed by atoms with Crippen LogP contribution < -0.4 is 11.1 Å². The molecule has 0 spiro atoms. The van der Waals surface area contributed by atoms with E-state index in [-0.39, 0.29) is 11.4 Å². The van der Waals surface area contributed by atoms with E-state index in [9.17, 15) is 9.18 Å². The van der Waals surface area contributed by atoms with Crippen molar-refractivity contribution in [3.8, 4) is 11.3 Å². The van der Waals surface area contributed by atoms with Crippen molar-refractivity contribution in [3.05, 3.63) is 77.4 Å². The topological polar surface area (TPSA) is 80.9 Å². The minimum absolute atomic E-state index is 0.0143. The molecule has 0 bridgehead atoms. The van der Waals surface area contributed by atoms with Crippen molar-refractivity contribution in [1.29, 1.82) is 0 Å². The Labute approximate surface area is 156 Å². The first-order valence-electron chi connectivity index (χ1n) is 8.86. The number of nitrogens with two attached hydrogens (primary N) is 1. The maximum absolute atomic E-state index is 14.6. The second-order valence-electron chi connectivity index (χ2n) is 6.67. The van der Waals surface area contributed by atoms with Crippen molar-refractivity contribution in [1.82, 2.24) is 15.3 Å². The van der Waals surface area contributed by atoms with E-state index < -0.39 is 11.7 Å². The first-order valence-corrected chi connectivity index (χ1v) is 8.86. The summed E-state index contributed by atoms with van der Waals surface area (Å²) in [6.45, 7) is 0.336. The highest BCUT2D eigenvalue weighted by Crippen LogP contribution is 2.39. The third-order valence-electron chi connectivity index (χ3n) is 4.60. The van der Waals surface area contributed by atoms with Gasteiger partial charge in [0.05, 0.1) is 17.5 Å². The van der Waals surface area contributed by atoms with Gasteiger partial charge in [-0.3, -0.25) is 4.79 Å². The minimum atomic E-state index is -0.615. The van der Waals surface area contributed by atoms with E-state index in [0.717, 1.165) is 24.1 Å². The van der Waals surface area contributed by atoms with Crippen LogP contribution in [0.2, 0.25) is 0 Å². The smallest absolute Gasteiger partial charge is 0.254 e. The molecule has 1 aliphatic carbocycles. The van der Waals surface area contributed by atoms with Gasteiger partial charge in [0.25, 0.3) is 5.91 Å². The summed E-state index contributed by atoms with van der Waals surface area (Å²) >= 11 is 0. The largest absolute Gasteiger partial charge is 0.382 e. The van der Waals surface area contributed by atoms with E-state index in [1.807, 2.05) is 30.3 Å². The van der Waals surface area contributed by atoms with Crippen LogP contribution in [0.15, 0.2) is 54.7 Å². The first kappa shape index (κ1) is 17.1. The summed E-state index contributed by atoms with van der Waals surface area (Å²) in [5, 5.41) is 2.73. The van der Waals surface area contributed by atoms with Crippen LogP contribution in [0.5, 0.6) is 0 Å². The summed E-state index contributed by atoms with van der Waals surface area (Å²) in [6, 6.07) is 13.9. The van der Waals surface area contributed by atoms with Gasteiger partial charge in [-0.05, 0) is 30.5 Å². The molecule has 1 heterocycles. The molecule has 3 N–H and O–H groups in total. The van der Waals surface area contributed by atoms with E-state index in [2.05, 4.69) is 15.3 Å². The maximum atomic E-state index is 14.6. The summed E-state index contributed by atoms with van der Waals surface area (Å²) in [5.41, 5.74) is 8.71. The molecule has 3 aromatic rings. The first-order chi connectivity index (χ1) is 13.1. The molecule has 0 unspecified atom stereocenters. The molecule has 1 saturated carbocycles. The lowest BCUT2D eigenvalue weighted by Gasteiger charge is -2.10. The van der Waals surface area contributed by atoms with E-state index in [1.54, 1.807) is 12.3 Å². The number of nitrogens with one attached hydrogen (secondary N) is 1. The third-order valence-corrected chi connectivity index (χ3v) is 4.60. The second-order valence-corrected chi connectivity index (χ2v) is 6.67. The van der Waals surface area contributed by atoms with Crippen LogP contribution in [0.3, 0.4) is 0 Å². The summed E-state index contributed by atoms with van der Waals surface area (Å²) in [4.78, 5) is 21.0. The van der Waals surface area contributed by atoms with Crippen molar-refractivity contribution in [3.63, 3.8) is 0 Å². The fraction of sp³-hybridized carbons (Fsp3) is 0.190. The zero-order chi connectivity index (χ0) is 18.8. The van der Waals surface area contributed by atoms with E-state index in [0.29, 0.717) is 23.7 Å². The molecule has 1 amide bonds. The molecular formula is C21H19FN4O. The molecule has 4 rings (SSSR count). The predicted molar refractivity (Wildman–Crippen MR) is 101 cm³/mol. The predicted octanol–water partition coefficient (Wildman–Crippen LogP) is 3.67. The van der Waals surface area contributed by atoms with Gasteiger partial charge in [-0.1, -0.05) is 36.4 Å². The average molecular weight is 362 g/mol. The molecule has 27 heavy (non-hydrogen) atoms. The Morgan fingerprint density at radius 1 is 1.19 bits per heavy atom. The molecule has 6 heteroatoms. The molecule has 136 valence electrons. The van der Waals surface area contributed by atoms with E-state index in [4.69, 9.17) is 5.73 Å². The van der Waals surface area contributed by atoms with Gasteiger partial charge in [-0.2, -0.15) is 0 Å². The third kappa shape index (κ3) is 3.79. The number of rotatable bonds is 5. The summed E-state index contributed by atoms with van der Waals surface area (Å²) in [5.74, 6) is -0.408. The van der Waals surface area contributed by atoms with Gasteiger partial charge in [-0.25, -0.2) is 14.4 Å². The number of amides is 1. The summed E-state index contributed by atoms with van der Waals surface area (Å²) in [7, 11) is 0. The Bertz CT molecular complexity index is 987. The van der Waals surface area contributed by atoms with Crippen LogP contribution in [-0.4, -0.2) is 15.9 Å². The SMILES string of the molecule is Nc1ncc(C2CC2)nc1-c1ccc(C(=O)NCc2ccccc2)c(F)c1. The highest BCUT2D eigenvalue weighted by Gasteiger charge is 2.26. The molecule has 2 aromatic carbocycles. The molecular weight excluding hydrogens is 343 g/mol. The van der Waals surface area contributed by atoms with Crippen LogP contribution in [-0.2, 0) is 6.54 Å². The number of carbonyl (C=O) groups is 1. The van der Waals surface area contributed by atoms with Gasteiger partial charge in [0, 0.05) is 18.0 Å². The fourth-order valence-corrected chi connectivity index (χ4v) is 2.92. The van der Waals surface area contributed by atoms with Crippen LogP contribution >= 0.6 is 0 Å². The number of benzene rings is 2. The number of halogens is 1. The number of anilines is 1. The molecule has 5 nitrogen and oxygen atoms in total. The minimum Gasteiger partial charge on any atom is -0.382 e. The van der Waals surface area contributed by atoms with Crippen molar-refractivity contribution in [2.45, 2.75) is 25.3 Å². The number of aromatic nitrogens is 2. The molecule has 0 aliphatic heterocycles. The monoisotopic (exact) mass is 362 g/mol. The van der Waals surface area contributed by atoms with Gasteiger partial charge >= 0.3 is 0 Å². The highest BCUT2D eigenvalue weighted by atomic mass is 19.1. The van der Waals surface area contributed by atoms with Gasteiger partial charge in [0.15, 0.2) is 0 Å². The van der Waals surface area contributed by atoms with Gasteiger partial charge in [-0.15, -0.1) is 0 Å². The molecule has 0 radical (unpaired) electrons. The number of hydrogen-bond acceptors (Lipinski definition) is 4.